The van der Waals surface area contributed by atoms with Crippen molar-refractivity contribution in [2.45, 2.75) is 52.6 Å². The van der Waals surface area contributed by atoms with E-state index in [0.29, 0.717) is 28.8 Å². The van der Waals surface area contributed by atoms with E-state index in [1.165, 1.54) is 5.56 Å². The van der Waals surface area contributed by atoms with Crippen molar-refractivity contribution >= 4 is 35.0 Å². The van der Waals surface area contributed by atoms with Gasteiger partial charge in [-0.15, -0.1) is 0 Å². The fourth-order valence-corrected chi connectivity index (χ4v) is 3.49. The molecular formula is C24H30Cl2N2O3. The molecule has 0 heterocycles. The summed E-state index contributed by atoms with van der Waals surface area (Å²) in [5, 5.41) is 3.74. The first-order valence-corrected chi connectivity index (χ1v) is 11.4. The molecule has 2 rings (SSSR count). The molecule has 0 aliphatic heterocycles. The van der Waals surface area contributed by atoms with Gasteiger partial charge in [-0.2, -0.15) is 0 Å². The van der Waals surface area contributed by atoms with Gasteiger partial charge in [-0.3, -0.25) is 9.59 Å². The Bertz CT molecular complexity index is 872. The van der Waals surface area contributed by atoms with E-state index in [2.05, 4.69) is 12.2 Å². The number of aryl methyl sites for hydroxylation is 1. The van der Waals surface area contributed by atoms with Gasteiger partial charge in [0, 0.05) is 13.1 Å². The topological polar surface area (TPSA) is 58.6 Å². The third-order valence-corrected chi connectivity index (χ3v) is 5.71. The first-order valence-electron chi connectivity index (χ1n) is 10.6. The predicted octanol–water partition coefficient (Wildman–Crippen LogP) is 5.27. The quantitative estimate of drug-likeness (QED) is 0.492. The van der Waals surface area contributed by atoms with Gasteiger partial charge in [0.1, 0.15) is 11.8 Å². The molecule has 168 valence electrons. The molecule has 0 spiro atoms. The monoisotopic (exact) mass is 464 g/mol. The van der Waals surface area contributed by atoms with E-state index in [9.17, 15) is 9.59 Å². The first kappa shape index (κ1) is 25.0. The van der Waals surface area contributed by atoms with Crippen molar-refractivity contribution in [3.8, 4) is 5.75 Å². The maximum absolute atomic E-state index is 13.1. The normalized spacial score (nSPS) is 11.6. The zero-order valence-corrected chi connectivity index (χ0v) is 19.8. The summed E-state index contributed by atoms with van der Waals surface area (Å²) in [6.45, 7) is 6.57. The minimum absolute atomic E-state index is 0.162. The Morgan fingerprint density at radius 2 is 1.68 bits per heavy atom. The van der Waals surface area contributed by atoms with Crippen LogP contribution in [0.25, 0.3) is 0 Å². The summed E-state index contributed by atoms with van der Waals surface area (Å²) < 4.78 is 5.71. The molecule has 1 N–H and O–H groups in total. The molecule has 0 fully saturated rings. The van der Waals surface area contributed by atoms with Gasteiger partial charge in [-0.05, 0) is 54.7 Å². The summed E-state index contributed by atoms with van der Waals surface area (Å²) in [5.41, 5.74) is 1.98. The molecule has 0 aromatic heterocycles. The van der Waals surface area contributed by atoms with Crippen molar-refractivity contribution in [3.63, 3.8) is 0 Å². The molecule has 0 saturated carbocycles. The number of nitrogens with one attached hydrogen (secondary N) is 1. The first-order chi connectivity index (χ1) is 14.9. The summed E-state index contributed by atoms with van der Waals surface area (Å²) in [6, 6.07) is 12.2. The van der Waals surface area contributed by atoms with E-state index >= 15 is 0 Å². The number of ether oxygens (including phenoxy) is 1. The molecular weight excluding hydrogens is 435 g/mol. The molecule has 0 aliphatic rings. The number of nitrogens with zero attached hydrogens (tertiary/aromatic N) is 1. The van der Waals surface area contributed by atoms with Crippen LogP contribution >= 0.6 is 23.2 Å². The number of hydrogen-bond donors (Lipinski definition) is 1. The largest absolute Gasteiger partial charge is 0.484 e. The van der Waals surface area contributed by atoms with Gasteiger partial charge >= 0.3 is 0 Å². The number of carbonyl (C=O) groups excluding carboxylic acids is 2. The van der Waals surface area contributed by atoms with Crippen LogP contribution in [-0.2, 0) is 22.6 Å². The zero-order valence-electron chi connectivity index (χ0n) is 18.3. The second-order valence-corrected chi connectivity index (χ2v) is 8.09. The van der Waals surface area contributed by atoms with Crippen LogP contribution in [0.1, 0.15) is 44.7 Å². The van der Waals surface area contributed by atoms with Crippen LogP contribution in [0.3, 0.4) is 0 Å². The minimum Gasteiger partial charge on any atom is -0.484 e. The molecule has 7 heteroatoms. The molecule has 0 bridgehead atoms. The Balaban J connectivity index is 2.19. The predicted molar refractivity (Wildman–Crippen MR) is 126 cm³/mol. The van der Waals surface area contributed by atoms with Gasteiger partial charge in [0.05, 0.1) is 10.0 Å². The highest BCUT2D eigenvalue weighted by Gasteiger charge is 2.28. The second-order valence-electron chi connectivity index (χ2n) is 7.27. The molecule has 0 aliphatic carbocycles. The maximum atomic E-state index is 13.1. The fourth-order valence-electron chi connectivity index (χ4n) is 3.17. The number of benzene rings is 2. The average Bonchev–Trinajstić information content (AvgIpc) is 2.78. The molecule has 2 aromatic carbocycles. The summed E-state index contributed by atoms with van der Waals surface area (Å²) in [7, 11) is 0. The molecule has 2 aromatic rings. The van der Waals surface area contributed by atoms with E-state index in [1.54, 1.807) is 23.1 Å². The SMILES string of the molecule is CCCNC(=O)[C@@H](CC)N(Cc1ccc(Cl)c(Cl)c1)C(=O)COc1ccc(CC)cc1. The zero-order chi connectivity index (χ0) is 22.8. The fraction of sp³-hybridized carbons (Fsp3) is 0.417. The van der Waals surface area contributed by atoms with E-state index in [-0.39, 0.29) is 25.0 Å². The van der Waals surface area contributed by atoms with E-state index in [4.69, 9.17) is 27.9 Å². The number of amides is 2. The summed E-state index contributed by atoms with van der Waals surface area (Å²) in [6.07, 6.45) is 2.23. The molecule has 5 nitrogen and oxygen atoms in total. The Morgan fingerprint density at radius 3 is 2.26 bits per heavy atom. The summed E-state index contributed by atoms with van der Waals surface area (Å²) in [4.78, 5) is 27.4. The van der Waals surface area contributed by atoms with Crippen molar-refractivity contribution in [2.75, 3.05) is 13.2 Å². The number of carbonyl (C=O) groups is 2. The van der Waals surface area contributed by atoms with Crippen LogP contribution < -0.4 is 10.1 Å². The van der Waals surface area contributed by atoms with Crippen molar-refractivity contribution in [3.05, 3.63) is 63.6 Å². The Morgan fingerprint density at radius 1 is 1.00 bits per heavy atom. The highest BCUT2D eigenvalue weighted by atomic mass is 35.5. The van der Waals surface area contributed by atoms with Gasteiger partial charge in [-0.1, -0.05) is 62.2 Å². The number of rotatable bonds is 11. The molecule has 0 unspecified atom stereocenters. The standard InChI is InChI=1S/C24H30Cl2N2O3/c1-4-13-27-24(30)22(6-3)28(15-18-9-12-20(25)21(26)14-18)23(29)16-31-19-10-7-17(5-2)8-11-19/h7-12,14,22H,4-6,13,15-16H2,1-3H3,(H,27,30)/t22-/m1/s1. The van der Waals surface area contributed by atoms with Crippen LogP contribution in [0.4, 0.5) is 0 Å². The van der Waals surface area contributed by atoms with Crippen molar-refractivity contribution in [1.82, 2.24) is 10.2 Å². The van der Waals surface area contributed by atoms with Gasteiger partial charge < -0.3 is 15.0 Å². The second kappa shape index (κ2) is 12.6. The molecule has 2 amide bonds. The van der Waals surface area contributed by atoms with Crippen LogP contribution in [0.15, 0.2) is 42.5 Å². The van der Waals surface area contributed by atoms with Gasteiger partial charge in [-0.25, -0.2) is 0 Å². The Labute approximate surface area is 194 Å². The molecule has 1 atom stereocenters. The lowest BCUT2D eigenvalue weighted by Gasteiger charge is -2.30. The lowest BCUT2D eigenvalue weighted by Crippen LogP contribution is -2.50. The molecule has 0 radical (unpaired) electrons. The highest BCUT2D eigenvalue weighted by molar-refractivity contribution is 6.42. The van der Waals surface area contributed by atoms with Crippen LogP contribution in [0, 0.1) is 0 Å². The van der Waals surface area contributed by atoms with Gasteiger partial charge in [0.15, 0.2) is 6.61 Å². The molecule has 31 heavy (non-hydrogen) atoms. The third kappa shape index (κ3) is 7.44. The summed E-state index contributed by atoms with van der Waals surface area (Å²) >= 11 is 12.2. The minimum atomic E-state index is -0.612. The maximum Gasteiger partial charge on any atom is 0.261 e. The Kier molecular flexibility index (Phi) is 10.2. The highest BCUT2D eigenvalue weighted by Crippen LogP contribution is 2.24. The average molecular weight is 465 g/mol. The number of halogens is 2. The van der Waals surface area contributed by atoms with Gasteiger partial charge in [0.2, 0.25) is 5.91 Å². The van der Waals surface area contributed by atoms with Crippen molar-refractivity contribution in [2.24, 2.45) is 0 Å². The van der Waals surface area contributed by atoms with Crippen LogP contribution in [-0.4, -0.2) is 35.9 Å². The van der Waals surface area contributed by atoms with Crippen LogP contribution in [0.2, 0.25) is 10.0 Å². The lowest BCUT2D eigenvalue weighted by molar-refractivity contribution is -0.143. The van der Waals surface area contributed by atoms with E-state index in [0.717, 1.165) is 18.4 Å². The van der Waals surface area contributed by atoms with Crippen molar-refractivity contribution in [1.29, 1.82) is 0 Å². The number of hydrogen-bond acceptors (Lipinski definition) is 3. The van der Waals surface area contributed by atoms with E-state index in [1.807, 2.05) is 38.1 Å². The smallest absolute Gasteiger partial charge is 0.261 e. The molecule has 0 saturated heterocycles. The Hall–Kier alpha value is -2.24. The van der Waals surface area contributed by atoms with E-state index < -0.39 is 6.04 Å². The summed E-state index contributed by atoms with van der Waals surface area (Å²) in [5.74, 6) is 0.165. The van der Waals surface area contributed by atoms with Crippen LogP contribution in [0.5, 0.6) is 5.75 Å². The lowest BCUT2D eigenvalue weighted by atomic mass is 10.1. The van der Waals surface area contributed by atoms with Crippen molar-refractivity contribution < 1.29 is 14.3 Å². The third-order valence-electron chi connectivity index (χ3n) is 4.97. The van der Waals surface area contributed by atoms with Gasteiger partial charge in [0.25, 0.3) is 5.91 Å².